The van der Waals surface area contributed by atoms with Gasteiger partial charge in [0.05, 0.1) is 17.6 Å². The minimum atomic E-state index is 1.03. The van der Waals surface area contributed by atoms with Gasteiger partial charge in [-0.1, -0.05) is 61.0 Å². The molecule has 0 radical (unpaired) electrons. The number of rotatable bonds is 5. The average molecular weight is 418 g/mol. The Morgan fingerprint density at radius 1 is 0.781 bits per heavy atom. The minimum absolute atomic E-state index is 1.03. The molecule has 1 aromatic heterocycles. The molecule has 158 valence electrons. The Kier molecular flexibility index (Phi) is 5.24. The van der Waals surface area contributed by atoms with Crippen LogP contribution in [0.1, 0.15) is 23.6 Å². The van der Waals surface area contributed by atoms with E-state index in [9.17, 15) is 0 Å². The highest BCUT2D eigenvalue weighted by molar-refractivity contribution is 6.09. The maximum absolute atomic E-state index is 4.91. The second kappa shape index (κ2) is 8.35. The van der Waals surface area contributed by atoms with Crippen molar-refractivity contribution in [1.29, 1.82) is 0 Å². The number of benzene rings is 4. The summed E-state index contributed by atoms with van der Waals surface area (Å²) in [7, 11) is 2.12. The summed E-state index contributed by atoms with van der Waals surface area (Å²) in [6.07, 6.45) is 2.98. The average Bonchev–Trinajstić information content (AvgIpc) is 3.12. The van der Waals surface area contributed by atoms with E-state index in [4.69, 9.17) is 5.10 Å². The number of para-hydroxylation sites is 1. The summed E-state index contributed by atoms with van der Waals surface area (Å²) in [5, 5.41) is 9.44. The fourth-order valence-electron chi connectivity index (χ4n) is 4.23. The van der Waals surface area contributed by atoms with E-state index in [0.717, 1.165) is 23.4 Å². The molecule has 0 saturated carbocycles. The number of hydrazone groups is 1. The van der Waals surface area contributed by atoms with Gasteiger partial charge < -0.3 is 4.57 Å². The van der Waals surface area contributed by atoms with Gasteiger partial charge in [-0.25, -0.2) is 5.01 Å². The van der Waals surface area contributed by atoms with Gasteiger partial charge in [-0.3, -0.25) is 0 Å². The molecule has 1 heterocycles. The Balaban J connectivity index is 1.56. The van der Waals surface area contributed by atoms with Crippen LogP contribution in [-0.2, 0) is 13.5 Å². The summed E-state index contributed by atoms with van der Waals surface area (Å²) in [6, 6.07) is 32.2. The van der Waals surface area contributed by atoms with Gasteiger partial charge in [0.1, 0.15) is 0 Å². The number of fused-ring (bicyclic) bond motifs is 3. The van der Waals surface area contributed by atoms with Crippen LogP contribution >= 0.6 is 0 Å². The number of anilines is 2. The van der Waals surface area contributed by atoms with Crippen molar-refractivity contribution in [3.05, 3.63) is 108 Å². The second-order valence-corrected chi connectivity index (χ2v) is 8.26. The first kappa shape index (κ1) is 20.1. The van der Waals surface area contributed by atoms with Gasteiger partial charge in [-0.05, 0) is 66.9 Å². The summed E-state index contributed by atoms with van der Waals surface area (Å²) in [5.41, 5.74) is 8.21. The molecule has 0 aliphatic carbocycles. The molecule has 3 nitrogen and oxygen atoms in total. The molecular weight excluding hydrogens is 390 g/mol. The highest BCUT2D eigenvalue weighted by Gasteiger charge is 2.10. The lowest BCUT2D eigenvalue weighted by atomic mass is 10.1. The molecule has 5 rings (SSSR count). The molecule has 0 bridgehead atoms. The largest absolute Gasteiger partial charge is 0.344 e. The Hall–Kier alpha value is -3.85. The molecule has 0 fully saturated rings. The first-order valence-electron chi connectivity index (χ1n) is 11.1. The van der Waals surface area contributed by atoms with Crippen LogP contribution in [0.25, 0.3) is 21.8 Å². The lowest BCUT2D eigenvalue weighted by Gasteiger charge is -2.20. The molecule has 0 amide bonds. The first-order valence-corrected chi connectivity index (χ1v) is 11.1. The van der Waals surface area contributed by atoms with Crippen molar-refractivity contribution in [1.82, 2.24) is 4.57 Å². The van der Waals surface area contributed by atoms with Gasteiger partial charge in [-0.2, -0.15) is 5.10 Å². The molecule has 0 atom stereocenters. The Morgan fingerprint density at radius 2 is 1.44 bits per heavy atom. The zero-order chi connectivity index (χ0) is 22.1. The molecule has 0 spiro atoms. The number of aryl methyl sites for hydroxylation is 3. The minimum Gasteiger partial charge on any atom is -0.344 e. The van der Waals surface area contributed by atoms with Crippen LogP contribution < -0.4 is 5.01 Å². The van der Waals surface area contributed by atoms with Gasteiger partial charge in [0, 0.05) is 28.9 Å². The number of nitrogens with zero attached hydrogens (tertiary/aromatic N) is 3. The van der Waals surface area contributed by atoms with Crippen molar-refractivity contribution < 1.29 is 0 Å². The van der Waals surface area contributed by atoms with Crippen LogP contribution in [0.2, 0.25) is 0 Å². The summed E-state index contributed by atoms with van der Waals surface area (Å²) >= 11 is 0. The third-order valence-electron chi connectivity index (χ3n) is 6.13. The Morgan fingerprint density at radius 3 is 2.16 bits per heavy atom. The van der Waals surface area contributed by atoms with Gasteiger partial charge >= 0.3 is 0 Å². The summed E-state index contributed by atoms with van der Waals surface area (Å²) in [5.74, 6) is 0. The molecule has 0 N–H and O–H groups in total. The number of aromatic nitrogens is 1. The van der Waals surface area contributed by atoms with Crippen LogP contribution in [0.5, 0.6) is 0 Å². The van der Waals surface area contributed by atoms with Crippen molar-refractivity contribution in [2.24, 2.45) is 12.1 Å². The standard InChI is InChI=1S/C29H27N3/c1-4-22-11-16-25(17-12-22)32(24-14-9-21(2)10-15-24)30-20-23-13-18-29-27(19-23)26-7-5-6-8-28(26)31(29)3/h5-20H,4H2,1-3H3/b30-20-. The van der Waals surface area contributed by atoms with E-state index in [0.29, 0.717) is 0 Å². The second-order valence-electron chi connectivity index (χ2n) is 8.26. The SMILES string of the molecule is CCc1ccc(N(/N=C\c2ccc3c(c2)c2ccccc2n3C)c2ccc(C)cc2)cc1. The normalized spacial score (nSPS) is 11.6. The maximum atomic E-state index is 4.91. The van der Waals surface area contributed by atoms with Crippen LogP contribution in [-0.4, -0.2) is 10.8 Å². The van der Waals surface area contributed by atoms with E-state index in [1.165, 1.54) is 32.9 Å². The first-order chi connectivity index (χ1) is 15.6. The number of hydrogen-bond acceptors (Lipinski definition) is 2. The Bertz CT molecular complexity index is 1410. The van der Waals surface area contributed by atoms with Gasteiger partial charge in [0.25, 0.3) is 0 Å². The lowest BCUT2D eigenvalue weighted by Crippen LogP contribution is -2.09. The zero-order valence-electron chi connectivity index (χ0n) is 18.8. The zero-order valence-corrected chi connectivity index (χ0v) is 18.8. The predicted octanol–water partition coefficient (Wildman–Crippen LogP) is 7.37. The molecule has 0 aliphatic rings. The number of hydrogen-bond donors (Lipinski definition) is 0. The monoisotopic (exact) mass is 417 g/mol. The maximum Gasteiger partial charge on any atom is 0.0652 e. The highest BCUT2D eigenvalue weighted by atomic mass is 15.5. The molecular formula is C29H27N3. The molecule has 4 aromatic carbocycles. The van der Waals surface area contributed by atoms with Crippen molar-refractivity contribution in [2.45, 2.75) is 20.3 Å². The molecule has 3 heteroatoms. The van der Waals surface area contributed by atoms with E-state index >= 15 is 0 Å². The van der Waals surface area contributed by atoms with E-state index in [1.54, 1.807) is 0 Å². The van der Waals surface area contributed by atoms with Gasteiger partial charge in [0.15, 0.2) is 0 Å². The van der Waals surface area contributed by atoms with Crippen molar-refractivity contribution in [2.75, 3.05) is 5.01 Å². The third kappa shape index (κ3) is 3.67. The van der Waals surface area contributed by atoms with Crippen molar-refractivity contribution >= 4 is 39.4 Å². The molecule has 0 aliphatic heterocycles. The summed E-state index contributed by atoms with van der Waals surface area (Å²) in [4.78, 5) is 0. The summed E-state index contributed by atoms with van der Waals surface area (Å²) < 4.78 is 2.25. The fraction of sp³-hybridized carbons (Fsp3) is 0.138. The van der Waals surface area contributed by atoms with Crippen LogP contribution in [0.4, 0.5) is 11.4 Å². The molecule has 0 unspecified atom stereocenters. The van der Waals surface area contributed by atoms with E-state index < -0.39 is 0 Å². The Labute approximate surface area is 189 Å². The molecule has 0 saturated heterocycles. The quantitative estimate of drug-likeness (QED) is 0.216. The summed E-state index contributed by atoms with van der Waals surface area (Å²) in [6.45, 7) is 4.28. The fourth-order valence-corrected chi connectivity index (χ4v) is 4.23. The van der Waals surface area contributed by atoms with Crippen LogP contribution in [0, 0.1) is 6.92 Å². The van der Waals surface area contributed by atoms with Crippen molar-refractivity contribution in [3.63, 3.8) is 0 Å². The topological polar surface area (TPSA) is 20.5 Å². The van der Waals surface area contributed by atoms with Gasteiger partial charge in [0.2, 0.25) is 0 Å². The van der Waals surface area contributed by atoms with E-state index in [-0.39, 0.29) is 0 Å². The smallest absolute Gasteiger partial charge is 0.0652 e. The molecule has 5 aromatic rings. The third-order valence-corrected chi connectivity index (χ3v) is 6.13. The molecule has 32 heavy (non-hydrogen) atoms. The van der Waals surface area contributed by atoms with Crippen molar-refractivity contribution in [3.8, 4) is 0 Å². The highest BCUT2D eigenvalue weighted by Crippen LogP contribution is 2.29. The van der Waals surface area contributed by atoms with Gasteiger partial charge in [-0.15, -0.1) is 0 Å². The van der Waals surface area contributed by atoms with E-state index in [1.807, 2.05) is 11.2 Å². The predicted molar refractivity (Wildman–Crippen MR) is 137 cm³/mol. The lowest BCUT2D eigenvalue weighted by molar-refractivity contribution is 1.01. The van der Waals surface area contributed by atoms with Crippen LogP contribution in [0.3, 0.4) is 0 Å². The van der Waals surface area contributed by atoms with E-state index in [2.05, 4.69) is 116 Å². The van der Waals surface area contributed by atoms with Crippen LogP contribution in [0.15, 0.2) is 96.1 Å².